The van der Waals surface area contributed by atoms with Gasteiger partial charge in [0.1, 0.15) is 6.04 Å². The second-order valence-corrected chi connectivity index (χ2v) is 7.08. The first kappa shape index (κ1) is 16.5. The first-order valence-corrected chi connectivity index (χ1v) is 8.35. The van der Waals surface area contributed by atoms with E-state index in [4.69, 9.17) is 0 Å². The molecule has 3 aliphatic rings. The zero-order valence-corrected chi connectivity index (χ0v) is 14.1. The van der Waals surface area contributed by atoms with E-state index in [1.807, 2.05) is 11.9 Å². The maximum atomic E-state index is 12.8. The van der Waals surface area contributed by atoms with Crippen LogP contribution in [0, 0.1) is 15.5 Å². The van der Waals surface area contributed by atoms with Gasteiger partial charge in [0.15, 0.2) is 5.41 Å². The van der Waals surface area contributed by atoms with Gasteiger partial charge in [-0.2, -0.15) is 0 Å². The first-order valence-electron chi connectivity index (χ1n) is 8.35. The Bertz CT molecular complexity index is 833. The summed E-state index contributed by atoms with van der Waals surface area (Å²) in [7, 11) is 1.99. The number of carbonyl (C=O) groups is 3. The molecule has 0 radical (unpaired) electrons. The topological polar surface area (TPSA) is 126 Å². The Labute approximate surface area is 148 Å². The number of likely N-dealkylation sites (N-methyl/N-ethyl adjacent to an activating group) is 1. The predicted molar refractivity (Wildman–Crippen MR) is 88.7 cm³/mol. The molecule has 0 aliphatic carbocycles. The van der Waals surface area contributed by atoms with Gasteiger partial charge in [0.25, 0.3) is 5.69 Å². The lowest BCUT2D eigenvalue weighted by atomic mass is 9.68. The van der Waals surface area contributed by atoms with Gasteiger partial charge in [-0.05, 0) is 11.6 Å². The molecule has 2 fully saturated rings. The smallest absolute Gasteiger partial charge is 0.328 e. The van der Waals surface area contributed by atoms with Gasteiger partial charge < -0.3 is 9.80 Å². The summed E-state index contributed by atoms with van der Waals surface area (Å²) >= 11 is 0. The average Bonchev–Trinajstić information content (AvgIpc) is 2.58. The van der Waals surface area contributed by atoms with E-state index >= 15 is 0 Å². The molecule has 1 unspecified atom stereocenters. The molecule has 10 heteroatoms. The van der Waals surface area contributed by atoms with E-state index < -0.39 is 34.2 Å². The number of benzene rings is 1. The zero-order valence-electron chi connectivity index (χ0n) is 14.1. The van der Waals surface area contributed by atoms with Crippen LogP contribution >= 0.6 is 0 Å². The van der Waals surface area contributed by atoms with Crippen LogP contribution in [-0.2, 0) is 16.0 Å². The number of hydrogen-bond donors (Lipinski definition) is 3. The predicted octanol–water partition coefficient (Wildman–Crippen LogP) is -1.79. The van der Waals surface area contributed by atoms with Crippen molar-refractivity contribution in [3.63, 3.8) is 0 Å². The molecule has 10 nitrogen and oxygen atoms in total. The third-order valence-electron chi connectivity index (χ3n) is 5.58. The lowest BCUT2D eigenvalue weighted by molar-refractivity contribution is -0.883. The molecule has 0 bridgehead atoms. The fourth-order valence-corrected chi connectivity index (χ4v) is 4.29. The molecule has 2 saturated heterocycles. The molecule has 1 aromatic rings. The standard InChI is InChI=1S/C16H17N5O5/c1-19-4-5-20-11-3-2-10(21(25)26)6-9(11)7-16(12(20)8-19)13(22)17-15(24)18-14(16)23/h2-3,6,12H,4-5,7-8H2,1H3,(H2,17,18,22,23,24)/p+1/t12-/m0/s1. The van der Waals surface area contributed by atoms with E-state index in [0.29, 0.717) is 18.7 Å². The third kappa shape index (κ3) is 2.18. The van der Waals surface area contributed by atoms with Crippen LogP contribution in [0.5, 0.6) is 0 Å². The number of hydrogen-bond acceptors (Lipinski definition) is 6. The SMILES string of the molecule is C[NH+]1CCN2c3ccc([N+](=O)[O-])cc3CC3(C(=O)NC(=O)NC3=O)[C@@H]2C1. The van der Waals surface area contributed by atoms with Gasteiger partial charge in [0, 0.05) is 24.2 Å². The Balaban J connectivity index is 1.88. The van der Waals surface area contributed by atoms with Gasteiger partial charge in [0.2, 0.25) is 11.8 Å². The van der Waals surface area contributed by atoms with Crippen LogP contribution in [0.2, 0.25) is 0 Å². The number of imide groups is 2. The summed E-state index contributed by atoms with van der Waals surface area (Å²) in [6.07, 6.45) is 0.0173. The maximum absolute atomic E-state index is 12.8. The lowest BCUT2D eigenvalue weighted by Crippen LogP contribution is -3.14. The van der Waals surface area contributed by atoms with Crippen LogP contribution in [0.15, 0.2) is 18.2 Å². The van der Waals surface area contributed by atoms with Crippen molar-refractivity contribution in [2.75, 3.05) is 31.6 Å². The summed E-state index contributed by atoms with van der Waals surface area (Å²) in [6.45, 7) is 1.97. The van der Waals surface area contributed by atoms with Crippen molar-refractivity contribution in [1.82, 2.24) is 10.6 Å². The van der Waals surface area contributed by atoms with E-state index in [1.165, 1.54) is 17.0 Å². The molecule has 4 rings (SSSR count). The molecule has 1 spiro atoms. The monoisotopic (exact) mass is 360 g/mol. The largest absolute Gasteiger partial charge is 0.355 e. The van der Waals surface area contributed by atoms with Crippen LogP contribution in [0.25, 0.3) is 0 Å². The van der Waals surface area contributed by atoms with Crippen LogP contribution in [0.4, 0.5) is 16.2 Å². The van der Waals surface area contributed by atoms with Crippen molar-refractivity contribution >= 4 is 29.2 Å². The summed E-state index contributed by atoms with van der Waals surface area (Å²) in [4.78, 5) is 51.0. The lowest BCUT2D eigenvalue weighted by Gasteiger charge is -2.52. The average molecular weight is 360 g/mol. The van der Waals surface area contributed by atoms with Crippen molar-refractivity contribution in [2.45, 2.75) is 12.5 Å². The molecule has 136 valence electrons. The fraction of sp³-hybridized carbons (Fsp3) is 0.438. The molecule has 3 aliphatic heterocycles. The molecule has 4 amide bonds. The normalized spacial score (nSPS) is 26.7. The highest BCUT2D eigenvalue weighted by Crippen LogP contribution is 2.43. The highest BCUT2D eigenvalue weighted by atomic mass is 16.6. The van der Waals surface area contributed by atoms with E-state index in [1.54, 1.807) is 6.07 Å². The number of fused-ring (bicyclic) bond motifs is 4. The Kier molecular flexibility index (Phi) is 3.48. The van der Waals surface area contributed by atoms with Gasteiger partial charge >= 0.3 is 6.03 Å². The number of urea groups is 1. The number of piperazine rings is 1. The van der Waals surface area contributed by atoms with Crippen LogP contribution in [0.1, 0.15) is 5.56 Å². The van der Waals surface area contributed by atoms with Crippen LogP contribution < -0.4 is 20.4 Å². The number of nitrogens with zero attached hydrogens (tertiary/aromatic N) is 2. The van der Waals surface area contributed by atoms with E-state index in [9.17, 15) is 24.5 Å². The number of rotatable bonds is 1. The summed E-state index contributed by atoms with van der Waals surface area (Å²) in [5.74, 6) is -1.29. The Hall–Kier alpha value is -3.01. The molecular formula is C16H18N5O5+. The number of carbonyl (C=O) groups excluding carboxylic acids is 3. The van der Waals surface area contributed by atoms with E-state index in [0.717, 1.165) is 12.2 Å². The molecule has 26 heavy (non-hydrogen) atoms. The van der Waals surface area contributed by atoms with Gasteiger partial charge in [-0.1, -0.05) is 0 Å². The Morgan fingerprint density at radius 2 is 1.96 bits per heavy atom. The second kappa shape index (κ2) is 5.49. The van der Waals surface area contributed by atoms with Crippen molar-refractivity contribution in [3.05, 3.63) is 33.9 Å². The quantitative estimate of drug-likeness (QED) is 0.308. The summed E-state index contributed by atoms with van der Waals surface area (Å²) in [6, 6.07) is 3.26. The highest BCUT2D eigenvalue weighted by Gasteiger charge is 2.61. The number of non-ortho nitro benzene ring substituents is 1. The molecule has 0 saturated carbocycles. The summed E-state index contributed by atoms with van der Waals surface area (Å²) in [5.41, 5.74) is -0.215. The highest BCUT2D eigenvalue weighted by molar-refractivity contribution is 6.20. The maximum Gasteiger partial charge on any atom is 0.328 e. The van der Waals surface area contributed by atoms with Gasteiger partial charge in [0.05, 0.1) is 31.6 Å². The van der Waals surface area contributed by atoms with Crippen LogP contribution in [-0.4, -0.2) is 55.5 Å². The number of amides is 4. The van der Waals surface area contributed by atoms with Crippen molar-refractivity contribution in [3.8, 4) is 0 Å². The van der Waals surface area contributed by atoms with Gasteiger partial charge in [-0.3, -0.25) is 30.3 Å². The van der Waals surface area contributed by atoms with Gasteiger partial charge in [-0.25, -0.2) is 4.79 Å². The fourth-order valence-electron chi connectivity index (χ4n) is 4.29. The number of barbiturate groups is 1. The number of nitro benzene ring substituents is 1. The summed E-state index contributed by atoms with van der Waals surface area (Å²) in [5, 5.41) is 15.6. The Morgan fingerprint density at radius 1 is 1.27 bits per heavy atom. The first-order chi connectivity index (χ1) is 12.3. The minimum absolute atomic E-state index is 0.0173. The van der Waals surface area contributed by atoms with E-state index in [2.05, 4.69) is 10.6 Å². The minimum Gasteiger partial charge on any atom is -0.355 e. The van der Waals surface area contributed by atoms with E-state index in [-0.39, 0.29) is 12.1 Å². The zero-order chi connectivity index (χ0) is 18.6. The van der Waals surface area contributed by atoms with Crippen molar-refractivity contribution < 1.29 is 24.2 Å². The summed E-state index contributed by atoms with van der Waals surface area (Å²) < 4.78 is 0. The number of anilines is 1. The number of nitrogens with one attached hydrogen (secondary N) is 3. The Morgan fingerprint density at radius 3 is 2.62 bits per heavy atom. The van der Waals surface area contributed by atoms with Crippen molar-refractivity contribution in [1.29, 1.82) is 0 Å². The molecule has 0 aromatic heterocycles. The van der Waals surface area contributed by atoms with Crippen LogP contribution in [0.3, 0.4) is 0 Å². The number of quaternary nitrogens is 1. The number of nitro groups is 1. The van der Waals surface area contributed by atoms with Gasteiger partial charge in [-0.15, -0.1) is 0 Å². The minimum atomic E-state index is -1.49. The molecule has 3 N–H and O–H groups in total. The molecular weight excluding hydrogens is 342 g/mol. The third-order valence-corrected chi connectivity index (χ3v) is 5.58. The van der Waals surface area contributed by atoms with Crippen molar-refractivity contribution in [2.24, 2.45) is 5.41 Å². The molecule has 3 heterocycles. The molecule has 2 atom stereocenters. The molecule has 1 aromatic carbocycles. The second-order valence-electron chi connectivity index (χ2n) is 7.08.